The van der Waals surface area contributed by atoms with Crippen LogP contribution in [-0.2, 0) is 14.5 Å². The number of phenols is 1. The Morgan fingerprint density at radius 3 is 2.27 bits per heavy atom. The Morgan fingerprint density at radius 2 is 1.58 bits per heavy atom. The maximum Gasteiger partial charge on any atom is 0.210 e. The van der Waals surface area contributed by atoms with Crippen molar-refractivity contribution in [2.45, 2.75) is 75.3 Å². The largest absolute Gasteiger partial charge is 0.508 e. The van der Waals surface area contributed by atoms with Crippen LogP contribution in [0.15, 0.2) is 24.3 Å². The molecule has 4 heteroatoms. The van der Waals surface area contributed by atoms with Gasteiger partial charge in [-0.3, -0.25) is 0 Å². The summed E-state index contributed by atoms with van der Waals surface area (Å²) in [5.74, 6) is 2.51. The van der Waals surface area contributed by atoms with E-state index >= 15 is 0 Å². The molecule has 1 aliphatic heterocycles. The first-order valence-electron chi connectivity index (χ1n) is 10.5. The minimum absolute atomic E-state index is 0.323. The first-order chi connectivity index (χ1) is 12.6. The lowest BCUT2D eigenvalue weighted by Gasteiger charge is -2.57. The van der Waals surface area contributed by atoms with Gasteiger partial charge in [0.25, 0.3) is 0 Å². The number of phenolic OH excluding ortho intramolecular Hbond substituents is 1. The zero-order valence-electron chi connectivity index (χ0n) is 15.2. The number of ether oxygens (including phenoxy) is 1. The number of hydrogen-bond acceptors (Lipinski definition) is 4. The fourth-order valence-corrected chi connectivity index (χ4v) is 7.01. The van der Waals surface area contributed by atoms with Gasteiger partial charge in [-0.05, 0) is 80.4 Å². The van der Waals surface area contributed by atoms with Crippen LogP contribution in [0, 0.1) is 23.7 Å². The summed E-state index contributed by atoms with van der Waals surface area (Å²) in [6.45, 7) is 0. The van der Waals surface area contributed by atoms with Gasteiger partial charge in [0.15, 0.2) is 0 Å². The molecule has 0 amide bonds. The van der Waals surface area contributed by atoms with Gasteiger partial charge >= 0.3 is 0 Å². The lowest BCUT2D eigenvalue weighted by molar-refractivity contribution is -0.390. The van der Waals surface area contributed by atoms with Crippen molar-refractivity contribution in [3.63, 3.8) is 0 Å². The minimum atomic E-state index is -0.573. The number of aromatic hydroxyl groups is 1. The highest BCUT2D eigenvalue weighted by Crippen LogP contribution is 2.64. The van der Waals surface area contributed by atoms with Crippen LogP contribution >= 0.6 is 0 Å². The Kier molecular flexibility index (Phi) is 3.34. The molecule has 26 heavy (non-hydrogen) atoms. The van der Waals surface area contributed by atoms with Crippen molar-refractivity contribution in [2.75, 3.05) is 0 Å². The van der Waals surface area contributed by atoms with Crippen LogP contribution in [0.4, 0.5) is 0 Å². The van der Waals surface area contributed by atoms with Gasteiger partial charge in [0, 0.05) is 24.7 Å². The van der Waals surface area contributed by atoms with E-state index in [1.807, 2.05) is 12.1 Å². The molecule has 5 aliphatic carbocycles. The van der Waals surface area contributed by atoms with Crippen molar-refractivity contribution < 1.29 is 19.6 Å². The maximum atomic E-state index is 9.57. The predicted molar refractivity (Wildman–Crippen MR) is 95.1 cm³/mol. The van der Waals surface area contributed by atoms with Crippen LogP contribution in [0.3, 0.4) is 0 Å². The van der Waals surface area contributed by atoms with E-state index in [0.717, 1.165) is 37.5 Å². The molecule has 1 heterocycles. The zero-order valence-corrected chi connectivity index (χ0v) is 15.2. The third-order valence-corrected chi connectivity index (χ3v) is 7.98. The highest BCUT2D eigenvalue weighted by molar-refractivity contribution is 5.29. The van der Waals surface area contributed by atoms with Gasteiger partial charge in [-0.15, -0.1) is 0 Å². The second kappa shape index (κ2) is 5.46. The van der Waals surface area contributed by atoms with E-state index in [-0.39, 0.29) is 0 Å². The van der Waals surface area contributed by atoms with Crippen molar-refractivity contribution in [3.8, 4) is 5.75 Å². The van der Waals surface area contributed by atoms with E-state index in [0.29, 0.717) is 23.5 Å². The summed E-state index contributed by atoms with van der Waals surface area (Å²) >= 11 is 0. The van der Waals surface area contributed by atoms with Crippen molar-refractivity contribution in [1.82, 2.24) is 0 Å². The molecular weight excluding hydrogens is 328 g/mol. The van der Waals surface area contributed by atoms with Crippen molar-refractivity contribution in [1.29, 1.82) is 0 Å². The molecule has 1 aromatic carbocycles. The van der Waals surface area contributed by atoms with E-state index in [1.165, 1.54) is 37.7 Å². The third-order valence-electron chi connectivity index (χ3n) is 7.98. The van der Waals surface area contributed by atoms with Crippen LogP contribution < -0.4 is 0 Å². The van der Waals surface area contributed by atoms with E-state index in [9.17, 15) is 5.11 Å². The SMILES string of the molecule is Oc1ccc(C2CCCC3(C2)OOC2(O3)C3CC4CC(C3)CC2C4)cc1. The van der Waals surface area contributed by atoms with Gasteiger partial charge in [-0.2, -0.15) is 9.78 Å². The quantitative estimate of drug-likeness (QED) is 0.729. The Hall–Kier alpha value is -1.10. The van der Waals surface area contributed by atoms with Gasteiger partial charge in [-0.25, -0.2) is 0 Å². The van der Waals surface area contributed by atoms with Crippen LogP contribution in [-0.4, -0.2) is 16.7 Å². The summed E-state index contributed by atoms with van der Waals surface area (Å²) < 4.78 is 6.84. The summed E-state index contributed by atoms with van der Waals surface area (Å²) in [5, 5.41) is 9.57. The molecule has 1 N–H and O–H groups in total. The highest BCUT2D eigenvalue weighted by atomic mass is 17.3. The minimum Gasteiger partial charge on any atom is -0.508 e. The molecule has 4 bridgehead atoms. The second-order valence-corrected chi connectivity index (χ2v) is 9.59. The van der Waals surface area contributed by atoms with Crippen LogP contribution in [0.25, 0.3) is 0 Å². The highest BCUT2D eigenvalue weighted by Gasteiger charge is 2.66. The summed E-state index contributed by atoms with van der Waals surface area (Å²) in [6.07, 6.45) is 10.5. The molecule has 5 saturated carbocycles. The molecule has 1 aromatic rings. The summed E-state index contributed by atoms with van der Waals surface area (Å²) in [4.78, 5) is 12.2. The average molecular weight is 356 g/mol. The Morgan fingerprint density at radius 1 is 0.885 bits per heavy atom. The molecule has 2 spiro atoms. The number of rotatable bonds is 1. The topological polar surface area (TPSA) is 47.9 Å². The van der Waals surface area contributed by atoms with E-state index in [2.05, 4.69) is 0 Å². The number of benzene rings is 1. The Labute approximate surface area is 154 Å². The fraction of sp³-hybridized carbons (Fsp3) is 0.727. The third kappa shape index (κ3) is 2.25. The second-order valence-electron chi connectivity index (χ2n) is 9.59. The zero-order chi connectivity index (χ0) is 17.4. The maximum absolute atomic E-state index is 9.57. The first-order valence-corrected chi connectivity index (χ1v) is 10.5. The molecule has 140 valence electrons. The average Bonchev–Trinajstić information content (AvgIpc) is 3.00. The van der Waals surface area contributed by atoms with Gasteiger partial charge in [0.05, 0.1) is 0 Å². The van der Waals surface area contributed by atoms with Gasteiger partial charge in [0.2, 0.25) is 11.6 Å². The molecule has 6 fully saturated rings. The molecule has 7 rings (SSSR count). The van der Waals surface area contributed by atoms with E-state index in [1.54, 1.807) is 12.1 Å². The Balaban J connectivity index is 1.26. The Bertz CT molecular complexity index is 671. The van der Waals surface area contributed by atoms with E-state index < -0.39 is 11.6 Å². The molecule has 0 aromatic heterocycles. The molecule has 1 saturated heterocycles. The fourth-order valence-electron chi connectivity index (χ4n) is 7.01. The van der Waals surface area contributed by atoms with Crippen LogP contribution in [0.2, 0.25) is 0 Å². The van der Waals surface area contributed by atoms with Crippen molar-refractivity contribution in [2.24, 2.45) is 23.7 Å². The van der Waals surface area contributed by atoms with Gasteiger partial charge in [0.1, 0.15) is 5.75 Å². The van der Waals surface area contributed by atoms with Crippen molar-refractivity contribution >= 4 is 0 Å². The summed E-state index contributed by atoms with van der Waals surface area (Å²) in [6, 6.07) is 7.63. The molecule has 2 atom stereocenters. The summed E-state index contributed by atoms with van der Waals surface area (Å²) in [5.41, 5.74) is 1.26. The summed E-state index contributed by atoms with van der Waals surface area (Å²) in [7, 11) is 0. The van der Waals surface area contributed by atoms with Crippen LogP contribution in [0.1, 0.15) is 69.3 Å². The van der Waals surface area contributed by atoms with E-state index in [4.69, 9.17) is 14.5 Å². The molecule has 6 aliphatic rings. The smallest absolute Gasteiger partial charge is 0.210 e. The predicted octanol–water partition coefficient (Wildman–Crippen LogP) is 4.88. The number of hydrogen-bond donors (Lipinski definition) is 1. The lowest BCUT2D eigenvalue weighted by atomic mass is 9.53. The van der Waals surface area contributed by atoms with Crippen molar-refractivity contribution in [3.05, 3.63) is 29.8 Å². The molecule has 2 unspecified atom stereocenters. The first kappa shape index (κ1) is 15.9. The monoisotopic (exact) mass is 356 g/mol. The van der Waals surface area contributed by atoms with Crippen LogP contribution in [0.5, 0.6) is 5.75 Å². The standard InChI is InChI=1S/C22H28O4/c23-20-5-3-16(4-6-20)17-2-1-7-21(13-17)24-22(26-25-21)18-9-14-8-15(11-18)12-19(22)10-14/h3-6,14-15,17-19,23H,1-2,7-13H2. The van der Waals surface area contributed by atoms with Gasteiger partial charge < -0.3 is 9.84 Å². The molecular formula is C22H28O4. The normalized spacial score (nSPS) is 49.3. The van der Waals surface area contributed by atoms with Gasteiger partial charge in [-0.1, -0.05) is 12.1 Å². The molecule has 0 radical (unpaired) electrons. The molecule has 4 nitrogen and oxygen atoms in total. The lowest BCUT2D eigenvalue weighted by Crippen LogP contribution is -2.59.